The Hall–Kier alpha value is -0.690. The molecule has 0 saturated carbocycles. The van der Waals surface area contributed by atoms with Gasteiger partial charge in [0.05, 0.1) is 12.7 Å². The van der Waals surface area contributed by atoms with E-state index in [0.29, 0.717) is 0 Å². The molecule has 4 unspecified atom stereocenters. The van der Waals surface area contributed by atoms with Crippen LogP contribution in [0.25, 0.3) is 0 Å². The lowest BCUT2D eigenvalue weighted by atomic mass is 10.0. The highest BCUT2D eigenvalue weighted by atomic mass is 16.5. The standard InChI is InChI=1S/C8H15NO5/c1-4(11)9-7-2-5(12)8(13)6(3-10)14-7/h5-8,10,12-13H,2-3H2,1H3,(H,9,11). The zero-order valence-corrected chi connectivity index (χ0v) is 7.88. The summed E-state index contributed by atoms with van der Waals surface area (Å²) < 4.78 is 5.14. The Morgan fingerprint density at radius 3 is 2.71 bits per heavy atom. The third kappa shape index (κ3) is 2.65. The van der Waals surface area contributed by atoms with Gasteiger partial charge in [0.1, 0.15) is 18.4 Å². The van der Waals surface area contributed by atoms with E-state index in [1.165, 1.54) is 6.92 Å². The first-order valence-corrected chi connectivity index (χ1v) is 4.44. The maximum absolute atomic E-state index is 10.7. The van der Waals surface area contributed by atoms with E-state index in [4.69, 9.17) is 9.84 Å². The van der Waals surface area contributed by atoms with E-state index in [2.05, 4.69) is 5.32 Å². The molecule has 1 amide bonds. The molecule has 4 N–H and O–H groups in total. The molecule has 14 heavy (non-hydrogen) atoms. The number of aliphatic hydroxyl groups excluding tert-OH is 3. The Labute approximate surface area is 81.5 Å². The molecule has 1 fully saturated rings. The lowest BCUT2D eigenvalue weighted by Gasteiger charge is -2.36. The van der Waals surface area contributed by atoms with Crippen LogP contribution in [0.15, 0.2) is 0 Å². The predicted molar refractivity (Wildman–Crippen MR) is 46.2 cm³/mol. The predicted octanol–water partition coefficient (Wildman–Crippen LogP) is -2.05. The van der Waals surface area contributed by atoms with Crippen LogP contribution in [0.1, 0.15) is 13.3 Å². The van der Waals surface area contributed by atoms with Crippen LogP contribution in [0, 0.1) is 0 Å². The van der Waals surface area contributed by atoms with Crippen molar-refractivity contribution in [3.05, 3.63) is 0 Å². The minimum absolute atomic E-state index is 0.122. The molecule has 0 aromatic carbocycles. The Morgan fingerprint density at radius 1 is 1.57 bits per heavy atom. The van der Waals surface area contributed by atoms with Crippen LogP contribution in [0.4, 0.5) is 0 Å². The molecule has 6 nitrogen and oxygen atoms in total. The molecule has 0 aromatic rings. The van der Waals surface area contributed by atoms with Gasteiger partial charge in [-0.1, -0.05) is 0 Å². The summed E-state index contributed by atoms with van der Waals surface area (Å²) in [6.45, 7) is 0.934. The molecule has 82 valence electrons. The van der Waals surface area contributed by atoms with Crippen molar-refractivity contribution in [3.8, 4) is 0 Å². The van der Waals surface area contributed by atoms with Crippen molar-refractivity contribution in [3.63, 3.8) is 0 Å². The molecule has 0 spiro atoms. The maximum atomic E-state index is 10.7. The van der Waals surface area contributed by atoms with E-state index in [1.807, 2.05) is 0 Å². The minimum atomic E-state index is -1.11. The molecule has 4 atom stereocenters. The van der Waals surface area contributed by atoms with Gasteiger partial charge in [-0.3, -0.25) is 4.79 Å². The molecule has 0 radical (unpaired) electrons. The quantitative estimate of drug-likeness (QED) is 0.416. The van der Waals surface area contributed by atoms with Crippen molar-refractivity contribution >= 4 is 5.91 Å². The smallest absolute Gasteiger partial charge is 0.218 e. The maximum Gasteiger partial charge on any atom is 0.218 e. The summed E-state index contributed by atoms with van der Waals surface area (Å²) in [5, 5.41) is 30.0. The van der Waals surface area contributed by atoms with E-state index in [-0.39, 0.29) is 12.3 Å². The number of rotatable bonds is 2. The molecule has 1 rings (SSSR count). The number of nitrogens with one attached hydrogen (secondary N) is 1. The Morgan fingerprint density at radius 2 is 2.21 bits per heavy atom. The van der Waals surface area contributed by atoms with E-state index < -0.39 is 31.1 Å². The molecule has 0 aromatic heterocycles. The summed E-state index contributed by atoms with van der Waals surface area (Å²) in [7, 11) is 0. The van der Waals surface area contributed by atoms with Crippen molar-refractivity contribution in [1.82, 2.24) is 5.32 Å². The first-order valence-electron chi connectivity index (χ1n) is 4.44. The fourth-order valence-corrected chi connectivity index (χ4v) is 1.42. The van der Waals surface area contributed by atoms with E-state index >= 15 is 0 Å². The van der Waals surface area contributed by atoms with E-state index in [9.17, 15) is 15.0 Å². The average Bonchev–Trinajstić information content (AvgIpc) is 2.10. The highest BCUT2D eigenvalue weighted by Gasteiger charge is 2.36. The molecular formula is C8H15NO5. The van der Waals surface area contributed by atoms with Crippen molar-refractivity contribution in [1.29, 1.82) is 0 Å². The lowest BCUT2D eigenvalue weighted by Crippen LogP contribution is -2.54. The van der Waals surface area contributed by atoms with E-state index in [0.717, 1.165) is 0 Å². The molecule has 0 aliphatic carbocycles. The van der Waals surface area contributed by atoms with Crippen LogP contribution in [-0.4, -0.2) is 52.4 Å². The second kappa shape index (κ2) is 4.70. The molecule has 1 saturated heterocycles. The summed E-state index contributed by atoms with van der Waals surface area (Å²) >= 11 is 0. The van der Waals surface area contributed by atoms with Crippen LogP contribution in [0.3, 0.4) is 0 Å². The first-order chi connectivity index (χ1) is 6.54. The fourth-order valence-electron chi connectivity index (χ4n) is 1.42. The summed E-state index contributed by atoms with van der Waals surface area (Å²) in [6.07, 6.45) is -3.47. The molecule has 1 aliphatic rings. The fraction of sp³-hybridized carbons (Fsp3) is 0.875. The SMILES string of the molecule is CC(=O)NC1CC(O)C(O)C(CO)O1. The normalized spacial score (nSPS) is 38.0. The van der Waals surface area contributed by atoms with Crippen LogP contribution in [-0.2, 0) is 9.53 Å². The summed E-state index contributed by atoms with van der Waals surface area (Å²) in [6, 6.07) is 0. The third-order valence-corrected chi connectivity index (χ3v) is 2.11. The zero-order chi connectivity index (χ0) is 10.7. The zero-order valence-electron chi connectivity index (χ0n) is 7.88. The van der Waals surface area contributed by atoms with Gasteiger partial charge in [-0.25, -0.2) is 0 Å². The van der Waals surface area contributed by atoms with Gasteiger partial charge < -0.3 is 25.4 Å². The molecule has 6 heteroatoms. The van der Waals surface area contributed by atoms with Gasteiger partial charge in [0, 0.05) is 13.3 Å². The number of aliphatic hydroxyl groups is 3. The highest BCUT2D eigenvalue weighted by molar-refractivity contribution is 5.73. The van der Waals surface area contributed by atoms with E-state index in [1.54, 1.807) is 0 Å². The number of carbonyl (C=O) groups excluding carboxylic acids is 1. The Balaban J connectivity index is 2.53. The first kappa shape index (κ1) is 11.4. The van der Waals surface area contributed by atoms with Crippen molar-refractivity contribution in [2.24, 2.45) is 0 Å². The Bertz CT molecular complexity index is 210. The van der Waals surface area contributed by atoms with Crippen LogP contribution < -0.4 is 5.32 Å². The van der Waals surface area contributed by atoms with Gasteiger partial charge in [-0.2, -0.15) is 0 Å². The number of hydrogen-bond donors (Lipinski definition) is 4. The summed E-state index contributed by atoms with van der Waals surface area (Å²) in [5.74, 6) is -0.282. The van der Waals surface area contributed by atoms with Crippen molar-refractivity contribution < 1.29 is 24.9 Å². The largest absolute Gasteiger partial charge is 0.394 e. The topological polar surface area (TPSA) is 99.0 Å². The van der Waals surface area contributed by atoms with Crippen LogP contribution >= 0.6 is 0 Å². The number of ether oxygens (including phenoxy) is 1. The summed E-state index contributed by atoms with van der Waals surface area (Å²) in [4.78, 5) is 10.7. The van der Waals surface area contributed by atoms with Gasteiger partial charge in [-0.15, -0.1) is 0 Å². The van der Waals surface area contributed by atoms with Crippen molar-refractivity contribution in [2.45, 2.75) is 37.9 Å². The van der Waals surface area contributed by atoms with Gasteiger partial charge in [0.2, 0.25) is 5.91 Å². The monoisotopic (exact) mass is 205 g/mol. The Kier molecular flexibility index (Phi) is 3.82. The number of amides is 1. The number of carbonyl (C=O) groups is 1. The molecular weight excluding hydrogens is 190 g/mol. The molecule has 1 aliphatic heterocycles. The van der Waals surface area contributed by atoms with Crippen molar-refractivity contribution in [2.75, 3.05) is 6.61 Å². The number of hydrogen-bond acceptors (Lipinski definition) is 5. The van der Waals surface area contributed by atoms with Gasteiger partial charge >= 0.3 is 0 Å². The van der Waals surface area contributed by atoms with Crippen LogP contribution in [0.2, 0.25) is 0 Å². The van der Waals surface area contributed by atoms with Crippen LogP contribution in [0.5, 0.6) is 0 Å². The second-order valence-electron chi connectivity index (χ2n) is 3.34. The molecule has 1 heterocycles. The van der Waals surface area contributed by atoms with Gasteiger partial charge in [0.25, 0.3) is 0 Å². The lowest BCUT2D eigenvalue weighted by molar-refractivity contribution is -0.188. The second-order valence-corrected chi connectivity index (χ2v) is 3.34. The average molecular weight is 205 g/mol. The molecule has 0 bridgehead atoms. The highest BCUT2D eigenvalue weighted by Crippen LogP contribution is 2.18. The summed E-state index contributed by atoms with van der Waals surface area (Å²) in [5.41, 5.74) is 0. The third-order valence-electron chi connectivity index (χ3n) is 2.11. The van der Waals surface area contributed by atoms with Gasteiger partial charge in [0.15, 0.2) is 0 Å². The van der Waals surface area contributed by atoms with Gasteiger partial charge in [-0.05, 0) is 0 Å². The minimum Gasteiger partial charge on any atom is -0.394 e.